The molecule has 0 spiro atoms. The monoisotopic (exact) mass is 228 g/mol. The molecule has 3 heteroatoms. The van der Waals surface area contributed by atoms with E-state index < -0.39 is 8.32 Å². The highest BCUT2D eigenvalue weighted by molar-refractivity contribution is 6.74. The van der Waals surface area contributed by atoms with Crippen molar-refractivity contribution >= 4 is 14.6 Å². The van der Waals surface area contributed by atoms with Gasteiger partial charge in [0.25, 0.3) is 0 Å². The molecule has 0 fully saturated rings. The molecule has 0 bridgehead atoms. The molecule has 0 unspecified atom stereocenters. The Morgan fingerprint density at radius 2 is 1.87 bits per heavy atom. The summed E-state index contributed by atoms with van der Waals surface area (Å²) >= 11 is 0. The third kappa shape index (κ3) is 5.28. The fourth-order valence-corrected chi connectivity index (χ4v) is 1.93. The van der Waals surface area contributed by atoms with Crippen molar-refractivity contribution in [2.45, 2.75) is 52.2 Å². The van der Waals surface area contributed by atoms with Gasteiger partial charge < -0.3 is 4.43 Å². The fourth-order valence-electron chi connectivity index (χ4n) is 0.865. The van der Waals surface area contributed by atoms with Crippen LogP contribution in [0.15, 0.2) is 11.6 Å². The lowest BCUT2D eigenvalue weighted by molar-refractivity contribution is -0.104. The normalized spacial score (nSPS) is 14.1. The first-order valence-electron chi connectivity index (χ1n) is 5.46. The van der Waals surface area contributed by atoms with Gasteiger partial charge in [-0.1, -0.05) is 26.8 Å². The van der Waals surface area contributed by atoms with Crippen molar-refractivity contribution in [1.82, 2.24) is 0 Å². The Labute approximate surface area is 94.8 Å². The highest BCUT2D eigenvalue weighted by Gasteiger charge is 2.36. The average molecular weight is 228 g/mol. The number of rotatable bonds is 5. The van der Waals surface area contributed by atoms with Crippen LogP contribution in [0.3, 0.4) is 0 Å². The van der Waals surface area contributed by atoms with Crippen molar-refractivity contribution < 1.29 is 9.22 Å². The Morgan fingerprint density at radius 3 is 2.27 bits per heavy atom. The van der Waals surface area contributed by atoms with Crippen LogP contribution in [-0.4, -0.2) is 21.2 Å². The predicted octanol–water partition coefficient (Wildman–Crippen LogP) is 3.54. The van der Waals surface area contributed by atoms with E-state index in [4.69, 9.17) is 4.43 Å². The van der Waals surface area contributed by atoms with Crippen molar-refractivity contribution in [1.29, 1.82) is 0 Å². The second-order valence-electron chi connectivity index (χ2n) is 5.46. The van der Waals surface area contributed by atoms with Crippen LogP contribution in [0, 0.1) is 0 Å². The van der Waals surface area contributed by atoms with Gasteiger partial charge in [-0.2, -0.15) is 0 Å². The topological polar surface area (TPSA) is 26.3 Å². The Morgan fingerprint density at radius 1 is 1.33 bits per heavy atom. The predicted molar refractivity (Wildman–Crippen MR) is 67.6 cm³/mol. The lowest BCUT2D eigenvalue weighted by Gasteiger charge is -2.36. The summed E-state index contributed by atoms with van der Waals surface area (Å²) in [7, 11) is -1.60. The van der Waals surface area contributed by atoms with Gasteiger partial charge in [-0.15, -0.1) is 0 Å². The summed E-state index contributed by atoms with van der Waals surface area (Å²) < 4.78 is 5.97. The number of hydrogen-bond donors (Lipinski definition) is 0. The summed E-state index contributed by atoms with van der Waals surface area (Å²) in [5.41, 5.74) is 0.786. The molecule has 0 N–H and O–H groups in total. The van der Waals surface area contributed by atoms with Crippen LogP contribution in [-0.2, 0) is 9.22 Å². The Balaban J connectivity index is 4.02. The van der Waals surface area contributed by atoms with Gasteiger partial charge >= 0.3 is 0 Å². The van der Waals surface area contributed by atoms with Crippen LogP contribution >= 0.6 is 0 Å². The maximum Gasteiger partial charge on any atom is 0.191 e. The highest BCUT2D eigenvalue weighted by Crippen LogP contribution is 2.36. The molecule has 0 saturated heterocycles. The highest BCUT2D eigenvalue weighted by atomic mass is 28.4. The molecular formula is C12H24O2Si. The van der Waals surface area contributed by atoms with E-state index in [-0.39, 0.29) is 5.04 Å². The van der Waals surface area contributed by atoms with E-state index in [1.165, 1.54) is 0 Å². The van der Waals surface area contributed by atoms with Gasteiger partial charge in [0, 0.05) is 6.61 Å². The number of aldehydes is 1. The van der Waals surface area contributed by atoms with E-state index in [1.807, 2.05) is 13.0 Å². The molecule has 0 aliphatic carbocycles. The Hall–Kier alpha value is -0.413. The minimum atomic E-state index is -1.60. The Bertz CT molecular complexity index is 236. The van der Waals surface area contributed by atoms with Crippen molar-refractivity contribution in [3.05, 3.63) is 11.6 Å². The van der Waals surface area contributed by atoms with Crippen LogP contribution in [0.5, 0.6) is 0 Å². The summed E-state index contributed by atoms with van der Waals surface area (Å²) in [5, 5.41) is 0.260. The SMILES string of the molecule is C/C(C=O)=C\CCO[Si](C)(C)C(C)(C)C. The van der Waals surface area contributed by atoms with Gasteiger partial charge in [-0.25, -0.2) is 0 Å². The third-order valence-corrected chi connectivity index (χ3v) is 7.58. The zero-order valence-electron chi connectivity index (χ0n) is 10.9. The van der Waals surface area contributed by atoms with Gasteiger partial charge in [0.15, 0.2) is 8.32 Å². The van der Waals surface area contributed by atoms with Crippen LogP contribution in [0.1, 0.15) is 34.1 Å². The maximum atomic E-state index is 10.4. The van der Waals surface area contributed by atoms with Crippen molar-refractivity contribution in [2.75, 3.05) is 6.61 Å². The molecule has 0 rings (SSSR count). The van der Waals surface area contributed by atoms with Crippen molar-refractivity contribution in [2.24, 2.45) is 0 Å². The fraction of sp³-hybridized carbons (Fsp3) is 0.750. The van der Waals surface area contributed by atoms with E-state index >= 15 is 0 Å². The van der Waals surface area contributed by atoms with E-state index in [9.17, 15) is 4.79 Å². The summed E-state index contributed by atoms with van der Waals surface area (Å²) in [6.07, 6.45) is 3.64. The number of allylic oxidation sites excluding steroid dienone is 1. The number of carbonyl (C=O) groups excluding carboxylic acids is 1. The van der Waals surface area contributed by atoms with Crippen LogP contribution < -0.4 is 0 Å². The minimum absolute atomic E-state index is 0.260. The van der Waals surface area contributed by atoms with Crippen LogP contribution in [0.25, 0.3) is 0 Å². The van der Waals surface area contributed by atoms with Gasteiger partial charge in [0.2, 0.25) is 0 Å². The molecule has 15 heavy (non-hydrogen) atoms. The second-order valence-corrected chi connectivity index (χ2v) is 10.3. The first-order chi connectivity index (χ1) is 6.70. The van der Waals surface area contributed by atoms with E-state index in [2.05, 4.69) is 33.9 Å². The second kappa shape index (κ2) is 5.61. The molecule has 0 saturated carbocycles. The van der Waals surface area contributed by atoms with Crippen molar-refractivity contribution in [3.8, 4) is 0 Å². The van der Waals surface area contributed by atoms with Gasteiger partial charge in [0.05, 0.1) is 0 Å². The summed E-state index contributed by atoms with van der Waals surface area (Å²) in [6, 6.07) is 0. The third-order valence-electron chi connectivity index (χ3n) is 3.04. The smallest absolute Gasteiger partial charge is 0.191 e. The lowest BCUT2D eigenvalue weighted by Crippen LogP contribution is -2.40. The molecule has 88 valence electrons. The van der Waals surface area contributed by atoms with Gasteiger partial charge in [-0.3, -0.25) is 4.79 Å². The molecule has 0 aromatic rings. The largest absolute Gasteiger partial charge is 0.417 e. The molecule has 0 amide bonds. The standard InChI is InChI=1S/C12H24O2Si/c1-11(10-13)8-7-9-14-15(5,6)12(2,3)4/h8,10H,7,9H2,1-6H3/b11-8+. The maximum absolute atomic E-state index is 10.4. The molecule has 0 aromatic heterocycles. The zero-order valence-corrected chi connectivity index (χ0v) is 11.9. The van der Waals surface area contributed by atoms with Crippen LogP contribution in [0.4, 0.5) is 0 Å². The van der Waals surface area contributed by atoms with Crippen molar-refractivity contribution in [3.63, 3.8) is 0 Å². The first-order valence-corrected chi connectivity index (χ1v) is 8.37. The minimum Gasteiger partial charge on any atom is -0.417 e. The molecule has 0 aliphatic rings. The Kier molecular flexibility index (Phi) is 5.46. The van der Waals surface area contributed by atoms with E-state index in [0.29, 0.717) is 0 Å². The average Bonchev–Trinajstić information content (AvgIpc) is 2.10. The zero-order chi connectivity index (χ0) is 12.1. The molecule has 0 aliphatic heterocycles. The number of hydrogen-bond acceptors (Lipinski definition) is 2. The van der Waals surface area contributed by atoms with Gasteiger partial charge in [-0.05, 0) is 37.0 Å². The number of carbonyl (C=O) groups is 1. The van der Waals surface area contributed by atoms with E-state index in [0.717, 1.165) is 24.9 Å². The summed E-state index contributed by atoms with van der Waals surface area (Å²) in [6.45, 7) is 13.7. The van der Waals surface area contributed by atoms with Gasteiger partial charge in [0.1, 0.15) is 6.29 Å². The first kappa shape index (κ1) is 14.6. The molecule has 0 heterocycles. The summed E-state index contributed by atoms with van der Waals surface area (Å²) in [5.74, 6) is 0. The molecule has 0 aromatic carbocycles. The molecular weight excluding hydrogens is 204 g/mol. The molecule has 0 atom stereocenters. The molecule has 2 nitrogen and oxygen atoms in total. The molecule has 0 radical (unpaired) electrons. The lowest BCUT2D eigenvalue weighted by atomic mass is 10.2. The summed E-state index contributed by atoms with van der Waals surface area (Å²) in [4.78, 5) is 10.4. The van der Waals surface area contributed by atoms with Crippen LogP contribution in [0.2, 0.25) is 18.1 Å². The van der Waals surface area contributed by atoms with E-state index in [1.54, 1.807) is 0 Å². The quantitative estimate of drug-likeness (QED) is 0.311.